The minimum Gasteiger partial charge on any atom is -0.396 e. The standard InChI is InChI=1S/C15H21N3OS/c1-11(7-9-19)20-15-13(10-16-12-5-6-12)18-8-3-2-4-14(18)17-15/h2-4,8,11-12,16,19H,5-7,9-10H2,1H3. The van der Waals surface area contributed by atoms with E-state index >= 15 is 0 Å². The quantitative estimate of drug-likeness (QED) is 0.769. The van der Waals surface area contributed by atoms with E-state index in [0.717, 1.165) is 23.6 Å². The van der Waals surface area contributed by atoms with Crippen LogP contribution in [0.1, 0.15) is 31.9 Å². The van der Waals surface area contributed by atoms with Crippen LogP contribution in [-0.2, 0) is 6.54 Å². The summed E-state index contributed by atoms with van der Waals surface area (Å²) in [6.45, 7) is 3.24. The molecule has 1 saturated carbocycles. The van der Waals surface area contributed by atoms with E-state index in [-0.39, 0.29) is 6.61 Å². The van der Waals surface area contributed by atoms with E-state index in [2.05, 4.69) is 22.8 Å². The van der Waals surface area contributed by atoms with Gasteiger partial charge in [-0.2, -0.15) is 0 Å². The Bertz CT molecular complexity index is 580. The molecule has 1 unspecified atom stereocenters. The maximum atomic E-state index is 9.06. The van der Waals surface area contributed by atoms with Crippen molar-refractivity contribution < 1.29 is 5.11 Å². The number of aliphatic hydroxyl groups excluding tert-OH is 1. The Morgan fingerprint density at radius 3 is 3.10 bits per heavy atom. The van der Waals surface area contributed by atoms with E-state index in [1.165, 1.54) is 18.5 Å². The van der Waals surface area contributed by atoms with Crippen LogP contribution in [0.3, 0.4) is 0 Å². The lowest BCUT2D eigenvalue weighted by atomic mass is 10.3. The van der Waals surface area contributed by atoms with Gasteiger partial charge in [-0.3, -0.25) is 0 Å². The second-order valence-electron chi connectivity index (χ2n) is 5.39. The molecule has 0 bridgehead atoms. The van der Waals surface area contributed by atoms with Gasteiger partial charge in [0.25, 0.3) is 0 Å². The number of nitrogens with one attached hydrogen (secondary N) is 1. The van der Waals surface area contributed by atoms with Crippen molar-refractivity contribution in [3.8, 4) is 0 Å². The fraction of sp³-hybridized carbons (Fsp3) is 0.533. The molecule has 2 aromatic heterocycles. The molecule has 2 N–H and O–H groups in total. The molecular weight excluding hydrogens is 270 g/mol. The summed E-state index contributed by atoms with van der Waals surface area (Å²) < 4.78 is 2.17. The lowest BCUT2D eigenvalue weighted by molar-refractivity contribution is 0.289. The number of fused-ring (bicyclic) bond motifs is 1. The smallest absolute Gasteiger partial charge is 0.138 e. The zero-order chi connectivity index (χ0) is 13.9. The van der Waals surface area contributed by atoms with E-state index < -0.39 is 0 Å². The molecule has 1 fully saturated rings. The Hall–Kier alpha value is -1.04. The summed E-state index contributed by atoms with van der Waals surface area (Å²) in [5.41, 5.74) is 2.24. The van der Waals surface area contributed by atoms with Crippen LogP contribution in [0.15, 0.2) is 29.4 Å². The molecule has 5 heteroatoms. The zero-order valence-corrected chi connectivity index (χ0v) is 12.6. The van der Waals surface area contributed by atoms with Gasteiger partial charge in [0.05, 0.1) is 5.69 Å². The van der Waals surface area contributed by atoms with Crippen LogP contribution >= 0.6 is 11.8 Å². The summed E-state index contributed by atoms with van der Waals surface area (Å²) in [5.74, 6) is 0. The lowest BCUT2D eigenvalue weighted by Gasteiger charge is -2.10. The molecule has 1 aliphatic rings. The third-order valence-electron chi connectivity index (χ3n) is 3.58. The van der Waals surface area contributed by atoms with E-state index in [1.807, 2.05) is 18.2 Å². The second kappa shape index (κ2) is 6.16. The van der Waals surface area contributed by atoms with E-state index in [0.29, 0.717) is 11.3 Å². The number of aromatic nitrogens is 2. The minimum absolute atomic E-state index is 0.233. The van der Waals surface area contributed by atoms with Gasteiger partial charge < -0.3 is 14.8 Å². The first kappa shape index (κ1) is 13.9. The monoisotopic (exact) mass is 291 g/mol. The van der Waals surface area contributed by atoms with Crippen LogP contribution in [0.4, 0.5) is 0 Å². The fourth-order valence-electron chi connectivity index (χ4n) is 2.24. The van der Waals surface area contributed by atoms with Gasteiger partial charge in [0.2, 0.25) is 0 Å². The van der Waals surface area contributed by atoms with Gasteiger partial charge in [0.1, 0.15) is 10.7 Å². The van der Waals surface area contributed by atoms with E-state index in [1.54, 1.807) is 11.8 Å². The van der Waals surface area contributed by atoms with Crippen molar-refractivity contribution in [1.29, 1.82) is 0 Å². The van der Waals surface area contributed by atoms with Gasteiger partial charge in [-0.25, -0.2) is 4.98 Å². The summed E-state index contributed by atoms with van der Waals surface area (Å²) in [5, 5.41) is 14.1. The number of hydrogen-bond donors (Lipinski definition) is 2. The zero-order valence-electron chi connectivity index (χ0n) is 11.7. The molecule has 0 radical (unpaired) electrons. The number of pyridine rings is 1. The van der Waals surface area contributed by atoms with Crippen molar-refractivity contribution in [1.82, 2.24) is 14.7 Å². The minimum atomic E-state index is 0.233. The predicted molar refractivity (Wildman–Crippen MR) is 82.1 cm³/mol. The largest absolute Gasteiger partial charge is 0.396 e. The molecule has 0 saturated heterocycles. The Labute approximate surface area is 123 Å². The summed E-state index contributed by atoms with van der Waals surface area (Å²) >= 11 is 1.76. The van der Waals surface area contributed by atoms with Crippen LogP contribution in [0.25, 0.3) is 5.65 Å². The number of rotatable bonds is 7. The summed E-state index contributed by atoms with van der Waals surface area (Å²) in [7, 11) is 0. The van der Waals surface area contributed by atoms with Crippen molar-refractivity contribution in [2.75, 3.05) is 6.61 Å². The first-order valence-corrected chi connectivity index (χ1v) is 8.12. The highest BCUT2D eigenvalue weighted by atomic mass is 32.2. The average Bonchev–Trinajstić information content (AvgIpc) is 3.19. The number of hydrogen-bond acceptors (Lipinski definition) is 4. The maximum Gasteiger partial charge on any atom is 0.138 e. The van der Waals surface area contributed by atoms with Crippen LogP contribution in [-0.4, -0.2) is 32.4 Å². The molecule has 4 nitrogen and oxygen atoms in total. The van der Waals surface area contributed by atoms with Gasteiger partial charge >= 0.3 is 0 Å². The Morgan fingerprint density at radius 2 is 2.35 bits per heavy atom. The molecule has 108 valence electrons. The number of aliphatic hydroxyl groups is 1. The van der Waals surface area contributed by atoms with Crippen molar-refractivity contribution in [3.63, 3.8) is 0 Å². The third kappa shape index (κ3) is 3.16. The Kier molecular flexibility index (Phi) is 4.29. The SMILES string of the molecule is CC(CCO)Sc1nc2ccccn2c1CNC1CC1. The Morgan fingerprint density at radius 1 is 1.50 bits per heavy atom. The molecule has 3 rings (SSSR count). The van der Waals surface area contributed by atoms with Gasteiger partial charge in [0.15, 0.2) is 0 Å². The summed E-state index contributed by atoms with van der Waals surface area (Å²) in [6.07, 6.45) is 5.46. The van der Waals surface area contributed by atoms with Crippen molar-refractivity contribution >= 4 is 17.4 Å². The third-order valence-corrected chi connectivity index (χ3v) is 4.76. The van der Waals surface area contributed by atoms with Crippen LogP contribution in [0, 0.1) is 0 Å². The highest BCUT2D eigenvalue weighted by molar-refractivity contribution is 7.99. The molecular formula is C15H21N3OS. The molecule has 1 aliphatic carbocycles. The first-order chi connectivity index (χ1) is 9.78. The van der Waals surface area contributed by atoms with Crippen LogP contribution in [0.2, 0.25) is 0 Å². The molecule has 20 heavy (non-hydrogen) atoms. The lowest BCUT2D eigenvalue weighted by Crippen LogP contribution is -2.17. The molecule has 0 amide bonds. The van der Waals surface area contributed by atoms with Gasteiger partial charge in [-0.1, -0.05) is 13.0 Å². The number of imidazole rings is 1. The topological polar surface area (TPSA) is 49.6 Å². The highest BCUT2D eigenvalue weighted by Crippen LogP contribution is 2.29. The summed E-state index contributed by atoms with van der Waals surface area (Å²) in [6, 6.07) is 6.80. The molecule has 2 heterocycles. The van der Waals surface area contributed by atoms with Gasteiger partial charge in [-0.15, -0.1) is 11.8 Å². The normalized spacial score (nSPS) is 16.7. The first-order valence-electron chi connectivity index (χ1n) is 7.25. The average molecular weight is 291 g/mol. The number of nitrogens with zero attached hydrogens (tertiary/aromatic N) is 2. The van der Waals surface area contributed by atoms with E-state index in [4.69, 9.17) is 10.1 Å². The van der Waals surface area contributed by atoms with Crippen molar-refractivity contribution in [2.45, 2.75) is 49.0 Å². The second-order valence-corrected chi connectivity index (χ2v) is 6.82. The Balaban J connectivity index is 1.85. The molecule has 0 spiro atoms. The predicted octanol–water partition coefficient (Wildman–Crippen LogP) is 2.45. The van der Waals surface area contributed by atoms with Crippen molar-refractivity contribution in [3.05, 3.63) is 30.1 Å². The van der Waals surface area contributed by atoms with Crippen LogP contribution < -0.4 is 5.32 Å². The molecule has 0 aromatic carbocycles. The van der Waals surface area contributed by atoms with Crippen LogP contribution in [0.5, 0.6) is 0 Å². The summed E-state index contributed by atoms with van der Waals surface area (Å²) in [4.78, 5) is 4.74. The molecule has 1 atom stereocenters. The maximum absolute atomic E-state index is 9.06. The highest BCUT2D eigenvalue weighted by Gasteiger charge is 2.22. The van der Waals surface area contributed by atoms with Gasteiger partial charge in [0, 0.05) is 30.6 Å². The fourth-order valence-corrected chi connectivity index (χ4v) is 3.30. The van der Waals surface area contributed by atoms with E-state index in [9.17, 15) is 0 Å². The van der Waals surface area contributed by atoms with Crippen molar-refractivity contribution in [2.24, 2.45) is 0 Å². The molecule has 2 aromatic rings. The van der Waals surface area contributed by atoms with Gasteiger partial charge in [-0.05, 0) is 31.4 Å². The number of thioether (sulfide) groups is 1. The molecule has 0 aliphatic heterocycles.